The monoisotopic (exact) mass is 114 g/mol. The molecule has 0 bridgehead atoms. The van der Waals surface area contributed by atoms with Gasteiger partial charge in [0.25, 0.3) is 0 Å². The van der Waals surface area contributed by atoms with Crippen LogP contribution in [0.25, 0.3) is 0 Å². The number of carbonyl (C=O) groups is 1. The zero-order chi connectivity index (χ0) is 6.57. The fraction of sp³-hybridized carbons (Fsp3) is 0.857. The van der Waals surface area contributed by atoms with Crippen LogP contribution in [-0.2, 0) is 4.79 Å². The lowest BCUT2D eigenvalue weighted by atomic mass is 10.0. The molecule has 0 N–H and O–H groups in total. The highest BCUT2D eigenvalue weighted by Gasteiger charge is 2.05. The first-order valence-electron chi connectivity index (χ1n) is 3.25. The van der Waals surface area contributed by atoms with Gasteiger partial charge in [0.2, 0.25) is 0 Å². The molecule has 0 aliphatic rings. The number of Topliss-reactive ketones (excluding diaryl/α,β-unsaturated/α-hetero) is 1. The van der Waals surface area contributed by atoms with Gasteiger partial charge in [-0.05, 0) is 6.42 Å². The summed E-state index contributed by atoms with van der Waals surface area (Å²) in [5.41, 5.74) is 0. The molecule has 8 heavy (non-hydrogen) atoms. The summed E-state index contributed by atoms with van der Waals surface area (Å²) >= 11 is 0. The topological polar surface area (TPSA) is 17.1 Å². The van der Waals surface area contributed by atoms with E-state index in [1.165, 1.54) is 0 Å². The van der Waals surface area contributed by atoms with Crippen LogP contribution in [0, 0.1) is 5.92 Å². The molecular weight excluding hydrogens is 100 g/mol. The van der Waals surface area contributed by atoms with Gasteiger partial charge in [0.15, 0.2) is 0 Å². The third-order valence-corrected chi connectivity index (χ3v) is 1.51. The van der Waals surface area contributed by atoms with Crippen LogP contribution in [0.5, 0.6) is 0 Å². The summed E-state index contributed by atoms with van der Waals surface area (Å²) in [6.45, 7) is 5.93. The van der Waals surface area contributed by atoms with Gasteiger partial charge in [-0.1, -0.05) is 20.8 Å². The van der Waals surface area contributed by atoms with Crippen LogP contribution in [0.15, 0.2) is 0 Å². The number of rotatable bonds is 3. The van der Waals surface area contributed by atoms with Crippen molar-refractivity contribution in [3.63, 3.8) is 0 Å². The summed E-state index contributed by atoms with van der Waals surface area (Å²) in [7, 11) is 0. The van der Waals surface area contributed by atoms with Crippen LogP contribution in [0.1, 0.15) is 33.6 Å². The second-order valence-corrected chi connectivity index (χ2v) is 2.13. The molecule has 0 spiro atoms. The maximum atomic E-state index is 10.7. The molecule has 0 saturated carbocycles. The summed E-state index contributed by atoms with van der Waals surface area (Å²) in [5.74, 6) is 0.660. The molecule has 1 nitrogen and oxygen atoms in total. The molecule has 0 aromatic carbocycles. The lowest BCUT2D eigenvalue weighted by Crippen LogP contribution is -2.06. The van der Waals surface area contributed by atoms with E-state index < -0.39 is 0 Å². The van der Waals surface area contributed by atoms with Crippen LogP contribution in [-0.4, -0.2) is 5.78 Å². The second kappa shape index (κ2) is 3.65. The van der Waals surface area contributed by atoms with E-state index in [-0.39, 0.29) is 5.92 Å². The number of ketones is 1. The van der Waals surface area contributed by atoms with Gasteiger partial charge in [-0.3, -0.25) is 4.79 Å². The maximum Gasteiger partial charge on any atom is 0.135 e. The molecule has 0 aromatic heterocycles. The van der Waals surface area contributed by atoms with Gasteiger partial charge in [0, 0.05) is 12.3 Å². The minimum Gasteiger partial charge on any atom is -0.299 e. The molecule has 0 saturated heterocycles. The van der Waals surface area contributed by atoms with Gasteiger partial charge in [-0.15, -0.1) is 0 Å². The number of hydrogen-bond acceptors (Lipinski definition) is 1. The van der Waals surface area contributed by atoms with Crippen molar-refractivity contribution in [2.45, 2.75) is 33.6 Å². The molecule has 0 radical (unpaired) electrons. The number of hydrogen-bond donors (Lipinski definition) is 0. The summed E-state index contributed by atoms with van der Waals surface area (Å²) < 4.78 is 0. The Morgan fingerprint density at radius 1 is 1.50 bits per heavy atom. The largest absolute Gasteiger partial charge is 0.299 e. The third kappa shape index (κ3) is 2.10. The summed E-state index contributed by atoms with van der Waals surface area (Å²) in [6.07, 6.45) is 1.67. The van der Waals surface area contributed by atoms with Gasteiger partial charge < -0.3 is 0 Å². The molecule has 48 valence electrons. The van der Waals surface area contributed by atoms with Gasteiger partial charge in [-0.25, -0.2) is 0 Å². The van der Waals surface area contributed by atoms with E-state index in [0.29, 0.717) is 12.2 Å². The molecule has 1 atom stereocenters. The van der Waals surface area contributed by atoms with E-state index in [9.17, 15) is 4.79 Å². The van der Waals surface area contributed by atoms with Gasteiger partial charge in [0.1, 0.15) is 5.78 Å². The van der Waals surface area contributed by atoms with Crippen molar-refractivity contribution in [1.82, 2.24) is 0 Å². The lowest BCUT2D eigenvalue weighted by molar-refractivity contribution is -0.122. The quantitative estimate of drug-likeness (QED) is 0.548. The van der Waals surface area contributed by atoms with E-state index in [1.807, 2.05) is 20.8 Å². The summed E-state index contributed by atoms with van der Waals surface area (Å²) in [4.78, 5) is 10.7. The maximum absolute atomic E-state index is 10.7. The van der Waals surface area contributed by atoms with E-state index >= 15 is 0 Å². The zero-order valence-corrected chi connectivity index (χ0v) is 5.90. The molecule has 0 heterocycles. The van der Waals surface area contributed by atoms with E-state index in [2.05, 4.69) is 0 Å². The highest BCUT2D eigenvalue weighted by molar-refractivity contribution is 5.80. The molecule has 0 aromatic rings. The van der Waals surface area contributed by atoms with Crippen molar-refractivity contribution in [1.29, 1.82) is 0 Å². The fourth-order valence-corrected chi connectivity index (χ4v) is 0.576. The SMILES string of the molecule is CCC(=O)[C@H](C)CC. The Balaban J connectivity index is 3.46. The van der Waals surface area contributed by atoms with Crippen molar-refractivity contribution in [2.75, 3.05) is 0 Å². The van der Waals surface area contributed by atoms with Crippen LogP contribution in [0.2, 0.25) is 0 Å². The predicted octanol–water partition coefficient (Wildman–Crippen LogP) is 2.01. The predicted molar refractivity (Wildman–Crippen MR) is 34.8 cm³/mol. The molecule has 0 unspecified atom stereocenters. The van der Waals surface area contributed by atoms with Crippen LogP contribution in [0.4, 0.5) is 0 Å². The van der Waals surface area contributed by atoms with Crippen LogP contribution >= 0.6 is 0 Å². The normalized spacial score (nSPS) is 13.4. The molecule has 1 heteroatoms. The second-order valence-electron chi connectivity index (χ2n) is 2.13. The molecule has 0 aliphatic heterocycles. The average Bonchev–Trinajstić information content (AvgIpc) is 1.84. The Hall–Kier alpha value is -0.330. The van der Waals surface area contributed by atoms with Crippen molar-refractivity contribution in [3.8, 4) is 0 Å². The van der Waals surface area contributed by atoms with Gasteiger partial charge in [0.05, 0.1) is 0 Å². The lowest BCUT2D eigenvalue weighted by Gasteiger charge is -2.02. The van der Waals surface area contributed by atoms with Crippen LogP contribution in [0.3, 0.4) is 0 Å². The van der Waals surface area contributed by atoms with E-state index in [4.69, 9.17) is 0 Å². The van der Waals surface area contributed by atoms with Crippen molar-refractivity contribution >= 4 is 5.78 Å². The average molecular weight is 114 g/mol. The first kappa shape index (κ1) is 7.67. The third-order valence-electron chi connectivity index (χ3n) is 1.51. The standard InChI is InChI=1S/C7H14O/c1-4-6(3)7(8)5-2/h6H,4-5H2,1-3H3/t6-/m1/s1. The Bertz CT molecular complexity index is 76.5. The Labute approximate surface area is 51.1 Å². The van der Waals surface area contributed by atoms with Gasteiger partial charge >= 0.3 is 0 Å². The van der Waals surface area contributed by atoms with E-state index in [1.54, 1.807) is 0 Å². The molecular formula is C7H14O. The first-order chi connectivity index (χ1) is 3.72. The van der Waals surface area contributed by atoms with E-state index in [0.717, 1.165) is 6.42 Å². The Morgan fingerprint density at radius 3 is 2.12 bits per heavy atom. The van der Waals surface area contributed by atoms with Crippen LogP contribution < -0.4 is 0 Å². The number of carbonyl (C=O) groups excluding carboxylic acids is 1. The van der Waals surface area contributed by atoms with Crippen molar-refractivity contribution in [2.24, 2.45) is 5.92 Å². The smallest absolute Gasteiger partial charge is 0.135 e. The molecule has 0 aliphatic carbocycles. The fourth-order valence-electron chi connectivity index (χ4n) is 0.576. The van der Waals surface area contributed by atoms with Crippen molar-refractivity contribution < 1.29 is 4.79 Å². The highest BCUT2D eigenvalue weighted by Crippen LogP contribution is 2.03. The summed E-state index contributed by atoms with van der Waals surface area (Å²) in [6, 6.07) is 0. The molecule has 0 amide bonds. The Kier molecular flexibility index (Phi) is 3.49. The highest BCUT2D eigenvalue weighted by atomic mass is 16.1. The Morgan fingerprint density at radius 2 is 2.00 bits per heavy atom. The summed E-state index contributed by atoms with van der Waals surface area (Å²) in [5, 5.41) is 0. The first-order valence-corrected chi connectivity index (χ1v) is 3.25. The molecule has 0 rings (SSSR count). The van der Waals surface area contributed by atoms with Gasteiger partial charge in [-0.2, -0.15) is 0 Å². The molecule has 0 fully saturated rings. The minimum atomic E-state index is 0.278. The minimum absolute atomic E-state index is 0.278. The zero-order valence-electron chi connectivity index (χ0n) is 5.90. The van der Waals surface area contributed by atoms with Crippen molar-refractivity contribution in [3.05, 3.63) is 0 Å².